The summed E-state index contributed by atoms with van der Waals surface area (Å²) in [6.45, 7) is 2.21. The first-order valence-corrected chi connectivity index (χ1v) is 3.53. The van der Waals surface area contributed by atoms with E-state index in [2.05, 4.69) is 22.9 Å². The maximum absolute atomic E-state index is 3.04. The number of nitrogens with one attached hydrogen (secondary N) is 1. The van der Waals surface area contributed by atoms with Crippen LogP contribution in [0.15, 0.2) is 6.20 Å². The van der Waals surface area contributed by atoms with Crippen LogP contribution in [0.25, 0.3) is 0 Å². The molecule has 0 fully saturated rings. The number of hydrogen-bond acceptors (Lipinski definition) is 0. The predicted octanol–water partition coefficient (Wildman–Crippen LogP) is 1.70. The average Bonchev–Trinajstić information content (AvgIpc) is 1.86. The molecule has 0 aromatic carbocycles. The van der Waals surface area contributed by atoms with E-state index < -0.39 is 0 Å². The average molecular weight is 126 g/mol. The Hall–Kier alpha value is -0.660. The molecule has 0 aliphatic rings. The Bertz CT molecular complexity index is 162. The topological polar surface area (TPSA) is 20.7 Å². The summed E-state index contributed by atoms with van der Waals surface area (Å²) in [6, 6.07) is 0. The van der Waals surface area contributed by atoms with Crippen molar-refractivity contribution < 1.29 is 0 Å². The number of aromatic nitrogens is 2. The van der Waals surface area contributed by atoms with Gasteiger partial charge in [-0.05, 0) is 12.8 Å². The fraction of sp³-hybridized carbons (Fsp3) is 0.714. The molecule has 52 valence electrons. The van der Waals surface area contributed by atoms with E-state index in [4.69, 9.17) is 0 Å². The van der Waals surface area contributed by atoms with Crippen LogP contribution < -0.4 is 0 Å². The molecule has 0 unspecified atom stereocenters. The highest BCUT2D eigenvalue weighted by molar-refractivity contribution is 4.96. The van der Waals surface area contributed by atoms with Crippen LogP contribution in [-0.2, 0) is 13.5 Å². The minimum atomic E-state index is 1.22. The Balaban J connectivity index is 2.26. The normalized spacial score (nSPS) is 10.4. The van der Waals surface area contributed by atoms with Crippen molar-refractivity contribution in [3.63, 3.8) is 0 Å². The molecule has 0 aliphatic heterocycles. The van der Waals surface area contributed by atoms with Gasteiger partial charge in [-0.3, -0.25) is 4.68 Å². The quantitative estimate of drug-likeness (QED) is 0.636. The van der Waals surface area contributed by atoms with Crippen LogP contribution in [0.5, 0.6) is 0 Å². The van der Waals surface area contributed by atoms with Crippen LogP contribution in [-0.4, -0.2) is 9.78 Å². The Morgan fingerprint density at radius 1 is 1.67 bits per heavy atom. The summed E-state index contributed by atoms with van der Waals surface area (Å²) < 4.78 is 2.07. The van der Waals surface area contributed by atoms with Gasteiger partial charge in [0.05, 0.1) is 5.69 Å². The van der Waals surface area contributed by atoms with Gasteiger partial charge in [0.1, 0.15) is 0 Å². The van der Waals surface area contributed by atoms with E-state index in [0.29, 0.717) is 0 Å². The lowest BCUT2D eigenvalue weighted by atomic mass is 10.2. The summed E-state index contributed by atoms with van der Waals surface area (Å²) in [5, 5.41) is 3.04. The van der Waals surface area contributed by atoms with E-state index in [1.165, 1.54) is 25.0 Å². The Morgan fingerprint density at radius 3 is 2.78 bits per heavy atom. The Morgan fingerprint density at radius 2 is 2.44 bits per heavy atom. The van der Waals surface area contributed by atoms with Gasteiger partial charge in [0, 0.05) is 13.2 Å². The molecule has 2 heteroatoms. The molecular formula is C7H14N2. The van der Waals surface area contributed by atoms with E-state index in [-0.39, 0.29) is 0 Å². The van der Waals surface area contributed by atoms with Gasteiger partial charge in [0.15, 0.2) is 0 Å². The van der Waals surface area contributed by atoms with Crippen molar-refractivity contribution >= 4 is 0 Å². The van der Waals surface area contributed by atoms with Crippen LogP contribution >= 0.6 is 0 Å². The maximum atomic E-state index is 3.04. The lowest BCUT2D eigenvalue weighted by molar-refractivity contribution is 0.602. The van der Waals surface area contributed by atoms with Crippen LogP contribution in [0.2, 0.25) is 0 Å². The number of unbranched alkanes of at least 4 members (excludes halogenated alkanes) is 1. The van der Waals surface area contributed by atoms with Crippen LogP contribution in [0.3, 0.4) is 0 Å². The molecule has 1 aromatic heterocycles. The second kappa shape index (κ2) is 2.76. The minimum absolute atomic E-state index is 1.22. The van der Waals surface area contributed by atoms with Crippen molar-refractivity contribution in [1.82, 2.24) is 9.78 Å². The highest BCUT2D eigenvalue weighted by Gasteiger charge is 1.96. The number of H-pyrrole nitrogens is 1. The van der Waals surface area contributed by atoms with E-state index in [1.807, 2.05) is 7.05 Å². The molecule has 9 heavy (non-hydrogen) atoms. The predicted molar refractivity (Wildman–Crippen MR) is 38.4 cm³/mol. The maximum Gasteiger partial charge on any atom is 0.0517 e. The molecule has 0 bridgehead atoms. The zero-order chi connectivity index (χ0) is 6.69. The number of rotatable bonds is 3. The first-order chi connectivity index (χ1) is 4.34. The zero-order valence-electron chi connectivity index (χ0n) is 6.15. The lowest BCUT2D eigenvalue weighted by Crippen LogP contribution is -2.09. The van der Waals surface area contributed by atoms with E-state index in [9.17, 15) is 0 Å². The third-order valence-electron chi connectivity index (χ3n) is 1.64. The first kappa shape index (κ1) is 6.46. The second-order valence-corrected chi connectivity index (χ2v) is 2.43. The SMILES string of the molecule is CCCCc1c[nH]n1C. The standard InChI is InChI=1S/C7H14N2/c1-3-4-5-7-6-8-9(7)2/h6,8H,3-5H2,1-2H3. The van der Waals surface area contributed by atoms with Gasteiger partial charge >= 0.3 is 0 Å². The molecule has 1 heterocycles. The van der Waals surface area contributed by atoms with Crippen LogP contribution in [0.4, 0.5) is 0 Å². The lowest BCUT2D eigenvalue weighted by Gasteiger charge is -2.11. The number of nitrogens with zero attached hydrogens (tertiary/aromatic N) is 1. The highest BCUT2D eigenvalue weighted by atomic mass is 15.3. The summed E-state index contributed by atoms with van der Waals surface area (Å²) in [4.78, 5) is 0. The second-order valence-electron chi connectivity index (χ2n) is 2.43. The van der Waals surface area contributed by atoms with Gasteiger partial charge in [-0.1, -0.05) is 13.3 Å². The molecule has 0 aliphatic carbocycles. The minimum Gasteiger partial charge on any atom is -0.304 e. The molecule has 1 rings (SSSR count). The molecule has 0 radical (unpaired) electrons. The summed E-state index contributed by atoms with van der Waals surface area (Å²) in [7, 11) is 2.05. The monoisotopic (exact) mass is 126 g/mol. The van der Waals surface area contributed by atoms with E-state index in [0.717, 1.165) is 0 Å². The van der Waals surface area contributed by atoms with Crippen molar-refractivity contribution in [2.24, 2.45) is 7.05 Å². The Labute approximate surface area is 55.9 Å². The molecule has 1 N–H and O–H groups in total. The molecule has 2 nitrogen and oxygen atoms in total. The molecule has 0 saturated heterocycles. The largest absolute Gasteiger partial charge is 0.304 e. The fourth-order valence-electron chi connectivity index (χ4n) is 0.883. The van der Waals surface area contributed by atoms with Gasteiger partial charge in [-0.2, -0.15) is 0 Å². The molecule has 1 aromatic rings. The van der Waals surface area contributed by atoms with Crippen molar-refractivity contribution in [2.75, 3.05) is 0 Å². The first-order valence-electron chi connectivity index (χ1n) is 3.53. The van der Waals surface area contributed by atoms with E-state index in [1.54, 1.807) is 0 Å². The van der Waals surface area contributed by atoms with Crippen molar-refractivity contribution in [3.05, 3.63) is 11.9 Å². The summed E-state index contributed by atoms with van der Waals surface area (Å²) in [5.41, 5.74) is 1.43. The molecular weight excluding hydrogens is 112 g/mol. The molecule has 0 amide bonds. The van der Waals surface area contributed by atoms with Gasteiger partial charge < -0.3 is 5.10 Å². The molecule has 0 atom stereocenters. The number of aromatic amines is 1. The molecule has 0 saturated carbocycles. The molecule has 0 spiro atoms. The van der Waals surface area contributed by atoms with E-state index >= 15 is 0 Å². The van der Waals surface area contributed by atoms with Crippen molar-refractivity contribution in [2.45, 2.75) is 26.2 Å². The van der Waals surface area contributed by atoms with Crippen LogP contribution in [0, 0.1) is 0 Å². The third kappa shape index (κ3) is 1.37. The summed E-state index contributed by atoms with van der Waals surface area (Å²) >= 11 is 0. The van der Waals surface area contributed by atoms with Gasteiger partial charge in [0.25, 0.3) is 0 Å². The summed E-state index contributed by atoms with van der Waals surface area (Å²) in [5.74, 6) is 0. The number of aryl methyl sites for hydroxylation is 2. The zero-order valence-corrected chi connectivity index (χ0v) is 6.15. The van der Waals surface area contributed by atoms with Crippen LogP contribution in [0.1, 0.15) is 25.5 Å². The highest BCUT2D eigenvalue weighted by Crippen LogP contribution is 2.02. The van der Waals surface area contributed by atoms with Crippen molar-refractivity contribution in [1.29, 1.82) is 0 Å². The number of hydrogen-bond donors (Lipinski definition) is 1. The smallest absolute Gasteiger partial charge is 0.0517 e. The van der Waals surface area contributed by atoms with Gasteiger partial charge in [0.2, 0.25) is 0 Å². The van der Waals surface area contributed by atoms with Crippen molar-refractivity contribution in [3.8, 4) is 0 Å². The fourth-order valence-corrected chi connectivity index (χ4v) is 0.883. The Kier molecular flexibility index (Phi) is 1.98. The van der Waals surface area contributed by atoms with Gasteiger partial charge in [-0.15, -0.1) is 0 Å². The van der Waals surface area contributed by atoms with Gasteiger partial charge in [-0.25, -0.2) is 0 Å². The third-order valence-corrected chi connectivity index (χ3v) is 1.64. The summed E-state index contributed by atoms with van der Waals surface area (Å²) in [6.07, 6.45) is 5.87.